The number of hydrogen-bond donors (Lipinski definition) is 1. The molecule has 1 fully saturated rings. The number of nitro benzene ring substituents is 1. The van der Waals surface area contributed by atoms with E-state index in [1.165, 1.54) is 0 Å². The van der Waals surface area contributed by atoms with E-state index in [9.17, 15) is 10.1 Å². The van der Waals surface area contributed by atoms with Crippen LogP contribution in [0.4, 0.5) is 5.69 Å². The standard InChI is InChI=1S/C12H17N3O2/c1-9-6-14(8-11(9)13)7-10-4-2-3-5-12(10)15(16)17/h2-5,9,11H,6-8,13H2,1H3. The lowest BCUT2D eigenvalue weighted by atomic mass is 10.1. The third-order valence-electron chi connectivity index (χ3n) is 3.33. The Hall–Kier alpha value is -1.46. The van der Waals surface area contributed by atoms with E-state index in [4.69, 9.17) is 5.73 Å². The van der Waals surface area contributed by atoms with Crippen LogP contribution in [0, 0.1) is 16.0 Å². The number of likely N-dealkylation sites (tertiary alicyclic amines) is 1. The molecule has 1 aromatic carbocycles. The Kier molecular flexibility index (Phi) is 3.40. The van der Waals surface area contributed by atoms with Gasteiger partial charge < -0.3 is 5.73 Å². The summed E-state index contributed by atoms with van der Waals surface area (Å²) in [7, 11) is 0. The monoisotopic (exact) mass is 235 g/mol. The highest BCUT2D eigenvalue weighted by Gasteiger charge is 2.27. The maximum atomic E-state index is 10.9. The zero-order chi connectivity index (χ0) is 12.4. The summed E-state index contributed by atoms with van der Waals surface area (Å²) in [5, 5.41) is 10.9. The molecule has 2 rings (SSSR count). The zero-order valence-corrected chi connectivity index (χ0v) is 9.87. The molecule has 0 bridgehead atoms. The number of hydrogen-bond acceptors (Lipinski definition) is 4. The van der Waals surface area contributed by atoms with Gasteiger partial charge >= 0.3 is 0 Å². The van der Waals surface area contributed by atoms with E-state index >= 15 is 0 Å². The minimum atomic E-state index is -0.325. The number of nitrogens with zero attached hydrogens (tertiary/aromatic N) is 2. The van der Waals surface area contributed by atoms with E-state index in [1.807, 2.05) is 12.1 Å². The first-order chi connectivity index (χ1) is 8.08. The lowest BCUT2D eigenvalue weighted by Gasteiger charge is -2.15. The van der Waals surface area contributed by atoms with E-state index in [0.29, 0.717) is 12.5 Å². The van der Waals surface area contributed by atoms with Crippen molar-refractivity contribution in [3.05, 3.63) is 39.9 Å². The number of rotatable bonds is 3. The van der Waals surface area contributed by atoms with E-state index in [0.717, 1.165) is 18.7 Å². The highest BCUT2D eigenvalue weighted by atomic mass is 16.6. The van der Waals surface area contributed by atoms with Crippen molar-refractivity contribution in [2.75, 3.05) is 13.1 Å². The Morgan fingerprint density at radius 3 is 2.76 bits per heavy atom. The van der Waals surface area contributed by atoms with Crippen molar-refractivity contribution >= 4 is 5.69 Å². The van der Waals surface area contributed by atoms with Crippen molar-refractivity contribution in [1.29, 1.82) is 0 Å². The van der Waals surface area contributed by atoms with Gasteiger partial charge in [0.1, 0.15) is 0 Å². The molecular formula is C12H17N3O2. The minimum absolute atomic E-state index is 0.178. The molecule has 1 saturated heterocycles. The summed E-state index contributed by atoms with van der Waals surface area (Å²) in [6, 6.07) is 7.07. The van der Waals surface area contributed by atoms with Crippen LogP contribution < -0.4 is 5.73 Å². The van der Waals surface area contributed by atoms with Crippen LogP contribution in [-0.2, 0) is 6.54 Å². The van der Waals surface area contributed by atoms with Crippen LogP contribution in [0.1, 0.15) is 12.5 Å². The number of para-hydroxylation sites is 1. The summed E-state index contributed by atoms with van der Waals surface area (Å²) in [5.74, 6) is 0.456. The molecule has 1 heterocycles. The molecule has 1 aromatic rings. The Morgan fingerprint density at radius 1 is 1.47 bits per heavy atom. The summed E-state index contributed by atoms with van der Waals surface area (Å²) in [6.45, 7) is 4.44. The molecule has 0 saturated carbocycles. The van der Waals surface area contributed by atoms with Gasteiger partial charge in [0.2, 0.25) is 0 Å². The third kappa shape index (κ3) is 2.62. The van der Waals surface area contributed by atoms with E-state index < -0.39 is 0 Å². The van der Waals surface area contributed by atoms with Crippen molar-refractivity contribution < 1.29 is 4.92 Å². The normalized spacial score (nSPS) is 25.1. The summed E-state index contributed by atoms with van der Waals surface area (Å²) in [6.07, 6.45) is 0. The van der Waals surface area contributed by atoms with Gasteiger partial charge in [-0.05, 0) is 5.92 Å². The summed E-state index contributed by atoms with van der Waals surface area (Å²) in [4.78, 5) is 12.7. The summed E-state index contributed by atoms with van der Waals surface area (Å²) in [5.41, 5.74) is 6.90. The zero-order valence-electron chi connectivity index (χ0n) is 9.87. The smallest absolute Gasteiger partial charge is 0.273 e. The van der Waals surface area contributed by atoms with Gasteiger partial charge in [-0.2, -0.15) is 0 Å². The molecule has 2 N–H and O–H groups in total. The molecule has 0 aliphatic carbocycles. The fourth-order valence-corrected chi connectivity index (χ4v) is 2.29. The van der Waals surface area contributed by atoms with Crippen LogP contribution in [-0.4, -0.2) is 29.0 Å². The third-order valence-corrected chi connectivity index (χ3v) is 3.33. The molecule has 5 nitrogen and oxygen atoms in total. The molecule has 1 aliphatic heterocycles. The molecule has 1 aliphatic rings. The first-order valence-electron chi connectivity index (χ1n) is 5.78. The maximum Gasteiger partial charge on any atom is 0.273 e. The lowest BCUT2D eigenvalue weighted by Crippen LogP contribution is -2.28. The number of benzene rings is 1. The van der Waals surface area contributed by atoms with Crippen LogP contribution in [0.25, 0.3) is 0 Å². The van der Waals surface area contributed by atoms with Crippen molar-refractivity contribution in [2.24, 2.45) is 11.7 Å². The van der Waals surface area contributed by atoms with Crippen LogP contribution in [0.5, 0.6) is 0 Å². The maximum absolute atomic E-state index is 10.9. The average molecular weight is 235 g/mol. The second-order valence-corrected chi connectivity index (χ2v) is 4.72. The van der Waals surface area contributed by atoms with Crippen molar-refractivity contribution in [3.63, 3.8) is 0 Å². The highest BCUT2D eigenvalue weighted by molar-refractivity contribution is 5.39. The molecule has 0 spiro atoms. The second-order valence-electron chi connectivity index (χ2n) is 4.72. The lowest BCUT2D eigenvalue weighted by molar-refractivity contribution is -0.385. The first kappa shape index (κ1) is 12.0. The summed E-state index contributed by atoms with van der Waals surface area (Å²) < 4.78 is 0. The van der Waals surface area contributed by atoms with Gasteiger partial charge in [0.15, 0.2) is 0 Å². The number of nitrogens with two attached hydrogens (primary N) is 1. The fraction of sp³-hybridized carbons (Fsp3) is 0.500. The largest absolute Gasteiger partial charge is 0.326 e. The van der Waals surface area contributed by atoms with Crippen molar-refractivity contribution in [2.45, 2.75) is 19.5 Å². The van der Waals surface area contributed by atoms with E-state index in [-0.39, 0.29) is 16.7 Å². The highest BCUT2D eigenvalue weighted by Crippen LogP contribution is 2.23. The van der Waals surface area contributed by atoms with Gasteiger partial charge in [-0.3, -0.25) is 15.0 Å². The average Bonchev–Trinajstić information content (AvgIpc) is 2.58. The molecular weight excluding hydrogens is 218 g/mol. The molecule has 2 unspecified atom stereocenters. The SMILES string of the molecule is CC1CN(Cc2ccccc2[N+](=O)[O-])CC1N. The van der Waals surface area contributed by atoms with Crippen molar-refractivity contribution in [1.82, 2.24) is 4.90 Å². The van der Waals surface area contributed by atoms with Gasteiger partial charge in [0.25, 0.3) is 5.69 Å². The van der Waals surface area contributed by atoms with Gasteiger partial charge in [0.05, 0.1) is 4.92 Å². The van der Waals surface area contributed by atoms with Gasteiger partial charge in [0, 0.05) is 37.3 Å². The minimum Gasteiger partial charge on any atom is -0.326 e. The topological polar surface area (TPSA) is 72.4 Å². The predicted octanol–water partition coefficient (Wildman–Crippen LogP) is 1.37. The Morgan fingerprint density at radius 2 is 2.18 bits per heavy atom. The molecule has 0 aromatic heterocycles. The van der Waals surface area contributed by atoms with Gasteiger partial charge in [-0.1, -0.05) is 25.1 Å². The van der Waals surface area contributed by atoms with Crippen LogP contribution in [0.2, 0.25) is 0 Å². The molecule has 2 atom stereocenters. The summed E-state index contributed by atoms with van der Waals surface area (Å²) >= 11 is 0. The Bertz CT molecular complexity index is 412. The number of nitro groups is 1. The second kappa shape index (κ2) is 4.81. The predicted molar refractivity (Wildman–Crippen MR) is 65.5 cm³/mol. The van der Waals surface area contributed by atoms with Gasteiger partial charge in [-0.25, -0.2) is 0 Å². The molecule has 5 heteroatoms. The Balaban J connectivity index is 2.11. The fourth-order valence-electron chi connectivity index (χ4n) is 2.29. The van der Waals surface area contributed by atoms with Gasteiger partial charge in [-0.15, -0.1) is 0 Å². The molecule has 0 amide bonds. The van der Waals surface area contributed by atoms with Crippen LogP contribution >= 0.6 is 0 Å². The molecule has 0 radical (unpaired) electrons. The van der Waals surface area contributed by atoms with Crippen LogP contribution in [0.3, 0.4) is 0 Å². The van der Waals surface area contributed by atoms with Crippen molar-refractivity contribution in [3.8, 4) is 0 Å². The molecule has 92 valence electrons. The first-order valence-corrected chi connectivity index (χ1v) is 5.78. The van der Waals surface area contributed by atoms with E-state index in [1.54, 1.807) is 12.1 Å². The van der Waals surface area contributed by atoms with Crippen LogP contribution in [0.15, 0.2) is 24.3 Å². The quantitative estimate of drug-likeness (QED) is 0.634. The molecule has 17 heavy (non-hydrogen) atoms. The Labute approximate surface area is 100 Å². The van der Waals surface area contributed by atoms with E-state index in [2.05, 4.69) is 11.8 Å².